The highest BCUT2D eigenvalue weighted by molar-refractivity contribution is 5.80. The van der Waals surface area contributed by atoms with Crippen LogP contribution in [0.15, 0.2) is 6.20 Å². The summed E-state index contributed by atoms with van der Waals surface area (Å²) in [7, 11) is 0. The van der Waals surface area contributed by atoms with E-state index in [-0.39, 0.29) is 6.04 Å². The van der Waals surface area contributed by atoms with E-state index in [4.69, 9.17) is 9.47 Å². The average Bonchev–Trinajstić information content (AvgIpc) is 2.66. The van der Waals surface area contributed by atoms with Crippen LogP contribution >= 0.6 is 0 Å². The number of aromatic nitrogens is 4. The lowest BCUT2D eigenvalue weighted by molar-refractivity contribution is -0.0273. The van der Waals surface area contributed by atoms with Crippen molar-refractivity contribution < 1.29 is 9.47 Å². The summed E-state index contributed by atoms with van der Waals surface area (Å²) in [5.74, 6) is 1.73. The molecule has 2 aromatic heterocycles. The molecule has 0 atom stereocenters. The molecule has 19 heavy (non-hydrogen) atoms. The number of rotatable bonds is 4. The number of fused-ring (bicyclic) bond motifs is 1. The van der Waals surface area contributed by atoms with Crippen LogP contribution in [0.4, 0.5) is 0 Å². The van der Waals surface area contributed by atoms with E-state index in [9.17, 15) is 0 Å². The van der Waals surface area contributed by atoms with E-state index in [0.29, 0.717) is 31.6 Å². The molecule has 0 saturated carbocycles. The summed E-state index contributed by atoms with van der Waals surface area (Å²) in [6, 6.07) is 0.256. The topological polar surface area (TPSA) is 62.1 Å². The van der Waals surface area contributed by atoms with Crippen molar-refractivity contribution in [2.24, 2.45) is 0 Å². The lowest BCUT2D eigenvalue weighted by atomic mass is 10.2. The molecule has 102 valence electrons. The van der Waals surface area contributed by atoms with Crippen molar-refractivity contribution in [2.45, 2.75) is 32.7 Å². The third-order valence-electron chi connectivity index (χ3n) is 3.20. The average molecular weight is 262 g/mol. The van der Waals surface area contributed by atoms with Gasteiger partial charge in [-0.15, -0.1) is 5.10 Å². The fourth-order valence-electron chi connectivity index (χ4n) is 2.05. The van der Waals surface area contributed by atoms with Crippen molar-refractivity contribution in [1.29, 1.82) is 0 Å². The predicted octanol–water partition coefficient (Wildman–Crippen LogP) is 1.92. The first kappa shape index (κ1) is 12.3. The zero-order valence-corrected chi connectivity index (χ0v) is 11.5. The highest BCUT2D eigenvalue weighted by Gasteiger charge is 2.26. The molecule has 0 amide bonds. The van der Waals surface area contributed by atoms with Crippen LogP contribution in [-0.4, -0.2) is 39.6 Å². The van der Waals surface area contributed by atoms with Crippen molar-refractivity contribution >= 4 is 11.0 Å². The molecule has 0 N–H and O–H groups in total. The summed E-state index contributed by atoms with van der Waals surface area (Å²) in [4.78, 5) is 9.02. The molecule has 0 spiro atoms. The molecule has 2 aromatic rings. The van der Waals surface area contributed by atoms with Crippen molar-refractivity contribution in [3.05, 3.63) is 12.0 Å². The zero-order chi connectivity index (χ0) is 13.4. The Morgan fingerprint density at radius 1 is 1.47 bits per heavy atom. The molecule has 0 aromatic carbocycles. The lowest BCUT2D eigenvalue weighted by Crippen LogP contribution is -2.31. The first-order chi connectivity index (χ1) is 9.20. The van der Waals surface area contributed by atoms with Gasteiger partial charge in [-0.3, -0.25) is 0 Å². The van der Waals surface area contributed by atoms with Crippen molar-refractivity contribution in [1.82, 2.24) is 19.7 Å². The van der Waals surface area contributed by atoms with Crippen molar-refractivity contribution in [3.63, 3.8) is 0 Å². The fourth-order valence-corrected chi connectivity index (χ4v) is 2.05. The van der Waals surface area contributed by atoms with E-state index in [1.54, 1.807) is 0 Å². The van der Waals surface area contributed by atoms with Crippen LogP contribution < -0.4 is 4.74 Å². The Morgan fingerprint density at radius 2 is 2.26 bits per heavy atom. The van der Waals surface area contributed by atoms with E-state index in [2.05, 4.69) is 28.9 Å². The second-order valence-corrected chi connectivity index (χ2v) is 4.99. The smallest absolute Gasteiger partial charge is 0.244 e. The van der Waals surface area contributed by atoms with Gasteiger partial charge < -0.3 is 9.47 Å². The maximum atomic E-state index is 5.57. The van der Waals surface area contributed by atoms with Gasteiger partial charge in [-0.2, -0.15) is 0 Å². The Hall–Kier alpha value is -1.69. The Labute approximate surface area is 111 Å². The lowest BCUT2D eigenvalue weighted by Gasteiger charge is -2.26. The molecule has 3 rings (SSSR count). The number of ether oxygens (including phenoxy) is 2. The van der Waals surface area contributed by atoms with Crippen molar-refractivity contribution in [3.8, 4) is 5.88 Å². The van der Waals surface area contributed by atoms with E-state index in [0.717, 1.165) is 16.9 Å². The van der Waals surface area contributed by atoms with Crippen LogP contribution in [0.2, 0.25) is 0 Å². The van der Waals surface area contributed by atoms with E-state index in [1.165, 1.54) is 0 Å². The minimum atomic E-state index is 0.256. The van der Waals surface area contributed by atoms with Crippen LogP contribution in [0, 0.1) is 0 Å². The van der Waals surface area contributed by atoms with Gasteiger partial charge >= 0.3 is 0 Å². The minimum absolute atomic E-state index is 0.256. The third kappa shape index (κ3) is 2.06. The van der Waals surface area contributed by atoms with Gasteiger partial charge in [0.1, 0.15) is 17.3 Å². The van der Waals surface area contributed by atoms with Gasteiger partial charge in [0, 0.05) is 12.1 Å². The van der Waals surface area contributed by atoms with E-state index >= 15 is 0 Å². The summed E-state index contributed by atoms with van der Waals surface area (Å²) in [5, 5.41) is 5.39. The Morgan fingerprint density at radius 3 is 2.84 bits per heavy atom. The SMILES string of the molecule is CCOc1nn(C2COC2)c2nc(C(C)C)ncc12. The number of hydrogen-bond acceptors (Lipinski definition) is 5. The molecule has 1 fully saturated rings. The second-order valence-electron chi connectivity index (χ2n) is 4.99. The Balaban J connectivity index is 2.13. The monoisotopic (exact) mass is 262 g/mol. The van der Waals surface area contributed by atoms with E-state index in [1.807, 2.05) is 17.8 Å². The molecule has 0 aliphatic carbocycles. The highest BCUT2D eigenvalue weighted by Crippen LogP contribution is 2.29. The van der Waals surface area contributed by atoms with Gasteiger partial charge in [0.2, 0.25) is 5.88 Å². The number of nitrogens with zero attached hydrogens (tertiary/aromatic N) is 4. The summed E-state index contributed by atoms with van der Waals surface area (Å²) in [6.07, 6.45) is 1.81. The molecule has 6 nitrogen and oxygen atoms in total. The molecule has 1 aliphatic heterocycles. The van der Waals surface area contributed by atoms with Crippen LogP contribution in [-0.2, 0) is 4.74 Å². The van der Waals surface area contributed by atoms with Crippen LogP contribution in [0.3, 0.4) is 0 Å². The summed E-state index contributed by atoms with van der Waals surface area (Å²) >= 11 is 0. The maximum absolute atomic E-state index is 5.57. The summed E-state index contributed by atoms with van der Waals surface area (Å²) in [6.45, 7) is 8.06. The van der Waals surface area contributed by atoms with Gasteiger partial charge in [0.15, 0.2) is 5.65 Å². The largest absolute Gasteiger partial charge is 0.476 e. The van der Waals surface area contributed by atoms with Gasteiger partial charge in [-0.05, 0) is 6.92 Å². The zero-order valence-electron chi connectivity index (χ0n) is 11.5. The van der Waals surface area contributed by atoms with Crippen molar-refractivity contribution in [2.75, 3.05) is 19.8 Å². The fraction of sp³-hybridized carbons (Fsp3) is 0.615. The van der Waals surface area contributed by atoms with E-state index < -0.39 is 0 Å². The first-order valence-electron chi connectivity index (χ1n) is 6.66. The van der Waals surface area contributed by atoms with Crippen LogP contribution in [0.5, 0.6) is 5.88 Å². The molecule has 0 radical (unpaired) electrons. The quantitative estimate of drug-likeness (QED) is 0.842. The molecular formula is C13H18N4O2. The number of hydrogen-bond donors (Lipinski definition) is 0. The van der Waals surface area contributed by atoms with Crippen LogP contribution in [0.25, 0.3) is 11.0 Å². The molecule has 0 unspecified atom stereocenters. The maximum Gasteiger partial charge on any atom is 0.244 e. The van der Waals surface area contributed by atoms with Gasteiger partial charge in [-0.25, -0.2) is 14.6 Å². The molecular weight excluding hydrogens is 244 g/mol. The van der Waals surface area contributed by atoms with Gasteiger partial charge in [0.05, 0.1) is 19.8 Å². The van der Waals surface area contributed by atoms with Gasteiger partial charge in [-0.1, -0.05) is 13.8 Å². The molecule has 3 heterocycles. The second kappa shape index (κ2) is 4.77. The molecule has 0 bridgehead atoms. The highest BCUT2D eigenvalue weighted by atomic mass is 16.5. The summed E-state index contributed by atoms with van der Waals surface area (Å²) in [5.41, 5.74) is 0.843. The molecule has 1 saturated heterocycles. The summed E-state index contributed by atoms with van der Waals surface area (Å²) < 4.78 is 12.7. The van der Waals surface area contributed by atoms with Crippen LogP contribution in [0.1, 0.15) is 38.6 Å². The first-order valence-corrected chi connectivity index (χ1v) is 6.66. The standard InChI is InChI=1S/C13H18N4O2/c1-4-19-13-10-5-14-11(8(2)3)15-12(10)17(16-13)9-6-18-7-9/h5,8-9H,4,6-7H2,1-3H3. The predicted molar refractivity (Wildman–Crippen MR) is 70.4 cm³/mol. The minimum Gasteiger partial charge on any atom is -0.476 e. The molecule has 1 aliphatic rings. The Bertz CT molecular complexity index is 590. The third-order valence-corrected chi connectivity index (χ3v) is 3.20. The molecule has 6 heteroatoms. The Kier molecular flexibility index (Phi) is 3.10. The normalized spacial score (nSPS) is 16.0. The van der Waals surface area contributed by atoms with Gasteiger partial charge in [0.25, 0.3) is 0 Å².